The summed E-state index contributed by atoms with van der Waals surface area (Å²) < 4.78 is 13.3. The molecule has 3 heteroatoms. The van der Waals surface area contributed by atoms with Gasteiger partial charge >= 0.3 is 0 Å². The molecule has 0 saturated carbocycles. The van der Waals surface area contributed by atoms with E-state index in [4.69, 9.17) is 0 Å². The van der Waals surface area contributed by atoms with E-state index in [-0.39, 0.29) is 17.4 Å². The van der Waals surface area contributed by atoms with Crippen LogP contribution >= 0.6 is 0 Å². The molecule has 1 N–H and O–H groups in total. The molecule has 0 spiro atoms. The lowest BCUT2D eigenvalue weighted by Crippen LogP contribution is -2.56. The number of benzene rings is 1. The number of hydrogen-bond donors (Lipinski definition) is 1. The summed E-state index contributed by atoms with van der Waals surface area (Å²) in [7, 11) is 0. The molecule has 2 nitrogen and oxygen atoms in total. The summed E-state index contributed by atoms with van der Waals surface area (Å²) in [4.78, 5) is 2.55. The fraction of sp³-hybridized carbons (Fsp3) is 0.667. The molecule has 0 fully saturated rings. The van der Waals surface area contributed by atoms with Crippen LogP contribution in [0, 0.1) is 5.82 Å². The van der Waals surface area contributed by atoms with E-state index in [1.54, 1.807) is 12.1 Å². The van der Waals surface area contributed by atoms with Crippen molar-refractivity contribution in [1.29, 1.82) is 0 Å². The van der Waals surface area contributed by atoms with Crippen molar-refractivity contribution in [2.24, 2.45) is 0 Å². The fourth-order valence-electron chi connectivity index (χ4n) is 3.62. The molecule has 0 aliphatic carbocycles. The van der Waals surface area contributed by atoms with Crippen LogP contribution < -0.4 is 5.32 Å². The molecule has 21 heavy (non-hydrogen) atoms. The van der Waals surface area contributed by atoms with Crippen molar-refractivity contribution >= 4 is 0 Å². The van der Waals surface area contributed by atoms with Gasteiger partial charge in [0.25, 0.3) is 0 Å². The van der Waals surface area contributed by atoms with Gasteiger partial charge in [-0.2, -0.15) is 0 Å². The number of nitrogens with zero attached hydrogens (tertiary/aromatic N) is 1. The van der Waals surface area contributed by atoms with Crippen LogP contribution in [0.3, 0.4) is 0 Å². The maximum atomic E-state index is 13.3. The zero-order chi connectivity index (χ0) is 15.9. The minimum Gasteiger partial charge on any atom is -0.309 e. The highest BCUT2D eigenvalue weighted by Gasteiger charge is 2.40. The predicted molar refractivity (Wildman–Crippen MR) is 89.1 cm³/mol. The number of likely N-dealkylation sites (N-methyl/N-ethyl adjacent to an activating group) is 2. The Kier molecular flexibility index (Phi) is 7.33. The summed E-state index contributed by atoms with van der Waals surface area (Å²) in [5.41, 5.74) is 1.24. The lowest BCUT2D eigenvalue weighted by Gasteiger charge is -2.48. The number of halogens is 1. The van der Waals surface area contributed by atoms with Crippen LogP contribution in [0.2, 0.25) is 0 Å². The summed E-state index contributed by atoms with van der Waals surface area (Å²) in [5.74, 6) is -0.171. The maximum absolute atomic E-state index is 13.3. The van der Waals surface area contributed by atoms with Gasteiger partial charge in [0, 0.05) is 5.54 Å². The lowest BCUT2D eigenvalue weighted by molar-refractivity contribution is 0.0492. The fourth-order valence-corrected chi connectivity index (χ4v) is 3.62. The van der Waals surface area contributed by atoms with Crippen molar-refractivity contribution in [2.75, 3.05) is 19.6 Å². The molecule has 0 radical (unpaired) electrons. The Morgan fingerprint density at radius 3 is 1.90 bits per heavy atom. The Labute approximate surface area is 129 Å². The van der Waals surface area contributed by atoms with Crippen molar-refractivity contribution in [3.8, 4) is 0 Å². The smallest absolute Gasteiger partial charge is 0.123 e. The zero-order valence-corrected chi connectivity index (χ0v) is 14.2. The third kappa shape index (κ3) is 3.83. The molecule has 0 bridgehead atoms. The third-order valence-electron chi connectivity index (χ3n) is 4.77. The zero-order valence-electron chi connectivity index (χ0n) is 14.2. The summed E-state index contributed by atoms with van der Waals surface area (Å²) in [6.45, 7) is 14.1. The van der Waals surface area contributed by atoms with E-state index in [0.29, 0.717) is 0 Å². The van der Waals surface area contributed by atoms with E-state index in [0.717, 1.165) is 32.5 Å². The molecule has 1 aromatic carbocycles. The molecule has 0 saturated heterocycles. The first-order valence-corrected chi connectivity index (χ1v) is 8.33. The maximum Gasteiger partial charge on any atom is 0.123 e. The van der Waals surface area contributed by atoms with Gasteiger partial charge in [0.1, 0.15) is 5.82 Å². The minimum atomic E-state index is -0.171. The molecule has 0 aliphatic rings. The second-order valence-corrected chi connectivity index (χ2v) is 5.53. The SMILES string of the molecule is CCNC(c1ccc(F)cc1)C(CC)(CC)N(CC)CC. The van der Waals surface area contributed by atoms with Crippen LogP contribution in [0.1, 0.15) is 59.1 Å². The van der Waals surface area contributed by atoms with E-state index in [1.165, 1.54) is 5.56 Å². The van der Waals surface area contributed by atoms with E-state index >= 15 is 0 Å². The number of rotatable bonds is 9. The van der Waals surface area contributed by atoms with Crippen LogP contribution in [-0.4, -0.2) is 30.1 Å². The molecular formula is C18H31FN2. The summed E-state index contributed by atoms with van der Waals surface area (Å²) >= 11 is 0. The highest BCUT2D eigenvalue weighted by molar-refractivity contribution is 5.24. The lowest BCUT2D eigenvalue weighted by atomic mass is 9.79. The summed E-state index contributed by atoms with van der Waals surface area (Å²) in [5, 5.41) is 3.65. The first-order valence-electron chi connectivity index (χ1n) is 8.33. The Morgan fingerprint density at radius 1 is 1.00 bits per heavy atom. The second kappa shape index (κ2) is 8.50. The van der Waals surface area contributed by atoms with E-state index < -0.39 is 0 Å². The van der Waals surface area contributed by atoms with Gasteiger partial charge in [0.15, 0.2) is 0 Å². The largest absolute Gasteiger partial charge is 0.309 e. The number of nitrogens with one attached hydrogen (secondary N) is 1. The van der Waals surface area contributed by atoms with Crippen LogP contribution in [0.25, 0.3) is 0 Å². The van der Waals surface area contributed by atoms with Crippen molar-refractivity contribution < 1.29 is 4.39 Å². The van der Waals surface area contributed by atoms with Crippen molar-refractivity contribution in [3.63, 3.8) is 0 Å². The standard InChI is InChI=1S/C18H31FN2/c1-6-18(7-2,21(9-4)10-5)17(20-8-3)15-11-13-16(19)14-12-15/h11-14,17,20H,6-10H2,1-5H3. The molecule has 1 rings (SSSR count). The quantitative estimate of drug-likeness (QED) is 0.727. The van der Waals surface area contributed by atoms with Gasteiger partial charge in [0.05, 0.1) is 6.04 Å². The Bertz CT molecular complexity index is 394. The summed E-state index contributed by atoms with van der Waals surface area (Å²) in [6.07, 6.45) is 2.14. The van der Waals surface area contributed by atoms with Crippen molar-refractivity contribution in [1.82, 2.24) is 10.2 Å². The molecule has 1 atom stereocenters. The first-order chi connectivity index (χ1) is 10.1. The van der Waals surface area contributed by atoms with Crippen LogP contribution in [0.4, 0.5) is 4.39 Å². The normalized spacial score (nSPS) is 13.7. The Balaban J connectivity index is 3.28. The molecule has 0 amide bonds. The van der Waals surface area contributed by atoms with Crippen LogP contribution in [0.15, 0.2) is 24.3 Å². The average molecular weight is 294 g/mol. The minimum absolute atomic E-state index is 0.0668. The molecule has 0 heterocycles. The summed E-state index contributed by atoms with van der Waals surface area (Å²) in [6, 6.07) is 7.20. The van der Waals surface area contributed by atoms with Crippen LogP contribution in [0.5, 0.6) is 0 Å². The average Bonchev–Trinajstić information content (AvgIpc) is 2.52. The second-order valence-electron chi connectivity index (χ2n) is 5.53. The highest BCUT2D eigenvalue weighted by Crippen LogP contribution is 2.37. The van der Waals surface area contributed by atoms with Gasteiger partial charge in [-0.3, -0.25) is 4.90 Å². The third-order valence-corrected chi connectivity index (χ3v) is 4.77. The van der Waals surface area contributed by atoms with Gasteiger partial charge in [-0.1, -0.05) is 46.8 Å². The Morgan fingerprint density at radius 2 is 1.52 bits per heavy atom. The van der Waals surface area contributed by atoms with Gasteiger partial charge in [0.2, 0.25) is 0 Å². The first kappa shape index (κ1) is 18.1. The van der Waals surface area contributed by atoms with Gasteiger partial charge in [-0.15, -0.1) is 0 Å². The topological polar surface area (TPSA) is 15.3 Å². The van der Waals surface area contributed by atoms with E-state index in [2.05, 4.69) is 44.8 Å². The van der Waals surface area contributed by atoms with E-state index in [9.17, 15) is 4.39 Å². The Hall–Kier alpha value is -0.930. The molecular weight excluding hydrogens is 263 g/mol. The highest BCUT2D eigenvalue weighted by atomic mass is 19.1. The molecule has 1 aromatic rings. The monoisotopic (exact) mass is 294 g/mol. The molecule has 120 valence electrons. The van der Waals surface area contributed by atoms with E-state index in [1.807, 2.05) is 12.1 Å². The van der Waals surface area contributed by atoms with Crippen molar-refractivity contribution in [3.05, 3.63) is 35.6 Å². The number of hydrogen-bond acceptors (Lipinski definition) is 2. The predicted octanol–water partition coefficient (Wildman–Crippen LogP) is 4.38. The van der Waals surface area contributed by atoms with Crippen molar-refractivity contribution in [2.45, 2.75) is 59.0 Å². The van der Waals surface area contributed by atoms with Crippen LogP contribution in [-0.2, 0) is 0 Å². The van der Waals surface area contributed by atoms with Gasteiger partial charge in [-0.05, 0) is 50.2 Å². The molecule has 0 aliphatic heterocycles. The van der Waals surface area contributed by atoms with Gasteiger partial charge < -0.3 is 5.32 Å². The molecule has 0 aromatic heterocycles. The molecule has 1 unspecified atom stereocenters. The van der Waals surface area contributed by atoms with Gasteiger partial charge in [-0.25, -0.2) is 4.39 Å².